The first-order chi connectivity index (χ1) is 13.1. The van der Waals surface area contributed by atoms with Crippen LogP contribution in [0.1, 0.15) is 27.2 Å². The number of anilines is 1. The van der Waals surface area contributed by atoms with E-state index in [1.807, 2.05) is 25.7 Å². The van der Waals surface area contributed by atoms with Gasteiger partial charge in [0.25, 0.3) is 5.91 Å². The van der Waals surface area contributed by atoms with Crippen LogP contribution in [0.3, 0.4) is 0 Å². The molecule has 2 amide bonds. The van der Waals surface area contributed by atoms with Gasteiger partial charge in [-0.1, -0.05) is 13.8 Å². The number of amides is 2. The normalized spacial score (nSPS) is 19.4. The Kier molecular flexibility index (Phi) is 7.09. The average molecular weight is 395 g/mol. The molecule has 1 aliphatic rings. The number of rotatable bonds is 6. The van der Waals surface area contributed by atoms with E-state index in [2.05, 4.69) is 0 Å². The second-order valence-electron chi connectivity index (χ2n) is 7.66. The summed E-state index contributed by atoms with van der Waals surface area (Å²) in [5.41, 5.74) is 2.14. The van der Waals surface area contributed by atoms with Crippen molar-refractivity contribution in [1.29, 1.82) is 0 Å². The van der Waals surface area contributed by atoms with Gasteiger partial charge in [-0.05, 0) is 31.4 Å². The third kappa shape index (κ3) is 4.85. The van der Waals surface area contributed by atoms with Crippen LogP contribution in [-0.2, 0) is 9.59 Å². The Bertz CT molecular complexity index is 711. The maximum absolute atomic E-state index is 13.1. The number of aliphatic hydroxyl groups excluding tert-OH is 1. The molecule has 1 saturated heterocycles. The number of phenolic OH excluding ortho intramolecular Hbond substituents is 2. The maximum atomic E-state index is 13.1. The van der Waals surface area contributed by atoms with Crippen LogP contribution in [0.4, 0.5) is 5.69 Å². The Labute approximate surface area is 164 Å². The molecule has 0 bridgehead atoms. The highest BCUT2D eigenvalue weighted by Gasteiger charge is 2.38. The molecule has 28 heavy (non-hydrogen) atoms. The first kappa shape index (κ1) is 21.8. The maximum Gasteiger partial charge on any atom is 0.272 e. The van der Waals surface area contributed by atoms with Gasteiger partial charge in [0.2, 0.25) is 5.91 Å². The van der Waals surface area contributed by atoms with E-state index in [-0.39, 0.29) is 29.4 Å². The van der Waals surface area contributed by atoms with Gasteiger partial charge in [0.05, 0.1) is 5.92 Å². The van der Waals surface area contributed by atoms with Crippen molar-refractivity contribution in [2.75, 3.05) is 24.5 Å². The Morgan fingerprint density at radius 3 is 2.43 bits per heavy atom. The molecule has 1 aromatic carbocycles. The van der Waals surface area contributed by atoms with Crippen molar-refractivity contribution in [2.45, 2.75) is 39.3 Å². The minimum absolute atomic E-state index is 0.0756. The van der Waals surface area contributed by atoms with E-state index in [1.165, 1.54) is 17.6 Å². The standard InChI is InChI=1S/C19H29N3O6/c1-11(2)8-14(17(25)18(26)20-28)19(27)22-7-6-21(10-12(22)3)13-4-5-15(23)16(24)9-13/h4-5,9,11-12,14,17,23-25,28H,6-8,10H2,1-3H3,(H,20,26)/t12-,14+,17+/m1/s1. The van der Waals surface area contributed by atoms with Crippen LogP contribution in [0, 0.1) is 11.8 Å². The van der Waals surface area contributed by atoms with E-state index >= 15 is 0 Å². The zero-order valence-electron chi connectivity index (χ0n) is 16.4. The minimum Gasteiger partial charge on any atom is -0.504 e. The Morgan fingerprint density at radius 2 is 1.89 bits per heavy atom. The molecule has 0 saturated carbocycles. The molecule has 0 aliphatic carbocycles. The monoisotopic (exact) mass is 395 g/mol. The number of aromatic hydroxyl groups is 2. The van der Waals surface area contributed by atoms with Gasteiger partial charge in [0, 0.05) is 37.4 Å². The molecule has 0 unspecified atom stereocenters. The van der Waals surface area contributed by atoms with Gasteiger partial charge < -0.3 is 25.1 Å². The lowest BCUT2D eigenvalue weighted by Crippen LogP contribution is -2.57. The molecule has 5 N–H and O–H groups in total. The number of benzene rings is 1. The Hall–Kier alpha value is -2.52. The predicted octanol–water partition coefficient (Wildman–Crippen LogP) is 0.663. The van der Waals surface area contributed by atoms with Gasteiger partial charge >= 0.3 is 0 Å². The van der Waals surface area contributed by atoms with Gasteiger partial charge in [-0.3, -0.25) is 14.8 Å². The average Bonchev–Trinajstić information content (AvgIpc) is 2.66. The number of carbonyl (C=O) groups excluding carboxylic acids is 2. The second-order valence-corrected chi connectivity index (χ2v) is 7.66. The summed E-state index contributed by atoms with van der Waals surface area (Å²) in [6, 6.07) is 4.37. The summed E-state index contributed by atoms with van der Waals surface area (Å²) >= 11 is 0. The molecule has 3 atom stereocenters. The van der Waals surface area contributed by atoms with E-state index in [0.29, 0.717) is 26.1 Å². The minimum atomic E-state index is -1.63. The highest BCUT2D eigenvalue weighted by Crippen LogP contribution is 2.31. The number of nitrogens with zero attached hydrogens (tertiary/aromatic N) is 2. The zero-order chi connectivity index (χ0) is 21.0. The molecule has 1 aliphatic heterocycles. The second kappa shape index (κ2) is 9.11. The van der Waals surface area contributed by atoms with E-state index in [4.69, 9.17) is 5.21 Å². The lowest BCUT2D eigenvalue weighted by molar-refractivity contribution is -0.152. The number of phenols is 2. The molecular formula is C19H29N3O6. The molecule has 9 nitrogen and oxygen atoms in total. The molecule has 1 fully saturated rings. The lowest BCUT2D eigenvalue weighted by atomic mass is 9.89. The molecule has 156 valence electrons. The molecule has 0 aromatic heterocycles. The van der Waals surface area contributed by atoms with Crippen LogP contribution in [0.5, 0.6) is 11.5 Å². The third-order valence-electron chi connectivity index (χ3n) is 5.04. The predicted molar refractivity (Wildman–Crippen MR) is 102 cm³/mol. The van der Waals surface area contributed by atoms with Gasteiger partial charge in [-0.15, -0.1) is 0 Å². The third-order valence-corrected chi connectivity index (χ3v) is 5.04. The van der Waals surface area contributed by atoms with Crippen LogP contribution in [0.25, 0.3) is 0 Å². The van der Waals surface area contributed by atoms with Crippen molar-refractivity contribution >= 4 is 17.5 Å². The van der Waals surface area contributed by atoms with Crippen molar-refractivity contribution in [1.82, 2.24) is 10.4 Å². The number of nitrogens with one attached hydrogen (secondary N) is 1. The molecule has 9 heteroatoms. The van der Waals surface area contributed by atoms with Crippen LogP contribution in [0.15, 0.2) is 18.2 Å². The largest absolute Gasteiger partial charge is 0.504 e. The highest BCUT2D eigenvalue weighted by atomic mass is 16.5. The number of hydroxylamine groups is 1. The van der Waals surface area contributed by atoms with Crippen molar-refractivity contribution in [2.24, 2.45) is 11.8 Å². The van der Waals surface area contributed by atoms with Gasteiger partial charge in [0.15, 0.2) is 11.5 Å². The summed E-state index contributed by atoms with van der Waals surface area (Å²) < 4.78 is 0. The SMILES string of the molecule is CC(C)C[C@H](C(=O)N1CCN(c2ccc(O)c(O)c2)C[C@H]1C)[C@H](O)C(=O)NO. The molecule has 2 rings (SSSR count). The quantitative estimate of drug-likeness (QED) is 0.271. The van der Waals surface area contributed by atoms with Crippen LogP contribution in [0.2, 0.25) is 0 Å². The number of hydrogen-bond acceptors (Lipinski definition) is 7. The summed E-state index contributed by atoms with van der Waals surface area (Å²) in [6.07, 6.45) is -1.31. The first-order valence-corrected chi connectivity index (χ1v) is 9.35. The fourth-order valence-electron chi connectivity index (χ4n) is 3.56. The van der Waals surface area contributed by atoms with Crippen molar-refractivity contribution < 1.29 is 30.1 Å². The smallest absolute Gasteiger partial charge is 0.272 e. The van der Waals surface area contributed by atoms with Crippen LogP contribution < -0.4 is 10.4 Å². The van der Waals surface area contributed by atoms with Gasteiger partial charge in [0.1, 0.15) is 6.10 Å². The summed E-state index contributed by atoms with van der Waals surface area (Å²) in [5.74, 6) is -2.60. The summed E-state index contributed by atoms with van der Waals surface area (Å²) in [6.45, 7) is 7.02. The topological polar surface area (TPSA) is 134 Å². The van der Waals surface area contributed by atoms with E-state index in [0.717, 1.165) is 5.69 Å². The summed E-state index contributed by atoms with van der Waals surface area (Å²) in [7, 11) is 0. The van der Waals surface area contributed by atoms with Crippen LogP contribution in [-0.4, -0.2) is 69.0 Å². The molecular weight excluding hydrogens is 366 g/mol. The van der Waals surface area contributed by atoms with Crippen molar-refractivity contribution in [3.8, 4) is 11.5 Å². The highest BCUT2D eigenvalue weighted by molar-refractivity contribution is 5.89. The number of carbonyl (C=O) groups is 2. The first-order valence-electron chi connectivity index (χ1n) is 9.35. The summed E-state index contributed by atoms with van der Waals surface area (Å²) in [5, 5.41) is 38.2. The Balaban J connectivity index is 2.13. The number of aliphatic hydroxyl groups is 1. The molecule has 1 heterocycles. The zero-order valence-corrected chi connectivity index (χ0v) is 16.4. The van der Waals surface area contributed by atoms with E-state index < -0.39 is 17.9 Å². The Morgan fingerprint density at radius 1 is 1.21 bits per heavy atom. The fourth-order valence-corrected chi connectivity index (χ4v) is 3.56. The molecule has 0 radical (unpaired) electrons. The van der Waals surface area contributed by atoms with Crippen LogP contribution >= 0.6 is 0 Å². The number of piperazine rings is 1. The molecule has 0 spiro atoms. The molecule has 1 aromatic rings. The van der Waals surface area contributed by atoms with Gasteiger partial charge in [-0.25, -0.2) is 5.48 Å². The fraction of sp³-hybridized carbons (Fsp3) is 0.579. The van der Waals surface area contributed by atoms with Crippen molar-refractivity contribution in [3.63, 3.8) is 0 Å². The van der Waals surface area contributed by atoms with E-state index in [1.54, 1.807) is 11.0 Å². The van der Waals surface area contributed by atoms with Crippen molar-refractivity contribution in [3.05, 3.63) is 18.2 Å². The van der Waals surface area contributed by atoms with E-state index in [9.17, 15) is 24.9 Å². The van der Waals surface area contributed by atoms with Gasteiger partial charge in [-0.2, -0.15) is 0 Å². The number of hydrogen-bond donors (Lipinski definition) is 5. The summed E-state index contributed by atoms with van der Waals surface area (Å²) in [4.78, 5) is 28.4. The lowest BCUT2D eigenvalue weighted by Gasteiger charge is -2.42.